The summed E-state index contributed by atoms with van der Waals surface area (Å²) >= 11 is 0. The van der Waals surface area contributed by atoms with Gasteiger partial charge in [0.05, 0.1) is 0 Å². The van der Waals surface area contributed by atoms with Crippen LogP contribution in [0.25, 0.3) is 0 Å². The van der Waals surface area contributed by atoms with Crippen LogP contribution in [0, 0.1) is 0 Å². The third-order valence-electron chi connectivity index (χ3n) is 1.87. The molecule has 0 aromatic carbocycles. The molecule has 7 heteroatoms. The summed E-state index contributed by atoms with van der Waals surface area (Å²) in [6.45, 7) is 1.23. The fourth-order valence-corrected chi connectivity index (χ4v) is 1.13. The molecule has 0 spiro atoms. The number of hydrogen-bond acceptors (Lipinski definition) is 1. The first-order valence-corrected chi connectivity index (χ1v) is 3.81. The molecule has 0 saturated carbocycles. The third-order valence-corrected chi connectivity index (χ3v) is 1.87. The normalized spacial score (nSPS) is 14.6. The van der Waals surface area contributed by atoms with Crippen molar-refractivity contribution in [1.82, 2.24) is 0 Å². The zero-order chi connectivity index (χ0) is 11.6. The van der Waals surface area contributed by atoms with Gasteiger partial charge in [-0.3, -0.25) is 0 Å². The van der Waals surface area contributed by atoms with Crippen LogP contribution in [0.2, 0.25) is 0 Å². The Kier molecular flexibility index (Phi) is 3.83. The van der Waals surface area contributed by atoms with E-state index in [1.165, 1.54) is 6.92 Å². The van der Waals surface area contributed by atoms with E-state index in [1.54, 1.807) is 0 Å². The molecule has 0 atom stereocenters. The van der Waals surface area contributed by atoms with Crippen LogP contribution in [-0.4, -0.2) is 25.1 Å². The molecule has 0 aliphatic rings. The average molecular weight is 224 g/mol. The fraction of sp³-hybridized carbons (Fsp3) is 1.00. The minimum absolute atomic E-state index is 0.271. The monoisotopic (exact) mass is 224 g/mol. The molecule has 0 aromatic heterocycles. The van der Waals surface area contributed by atoms with Crippen molar-refractivity contribution in [2.45, 2.75) is 37.7 Å². The lowest BCUT2D eigenvalue weighted by atomic mass is 9.96. The molecular weight excluding hydrogens is 214 g/mol. The number of hydrogen-bond donors (Lipinski definition) is 0. The van der Waals surface area contributed by atoms with Crippen LogP contribution in [0.1, 0.15) is 19.8 Å². The van der Waals surface area contributed by atoms with Gasteiger partial charge in [-0.2, -0.15) is 26.3 Å². The summed E-state index contributed by atoms with van der Waals surface area (Å²) in [7, 11) is 0.413. The molecule has 1 nitrogen and oxygen atoms in total. The summed E-state index contributed by atoms with van der Waals surface area (Å²) in [6.07, 6.45) is -12.3. The number of rotatable bonds is 3. The lowest BCUT2D eigenvalue weighted by Gasteiger charge is -2.35. The molecule has 86 valence electrons. The molecule has 0 heterocycles. The highest BCUT2D eigenvalue weighted by Gasteiger charge is 2.71. The fourth-order valence-electron chi connectivity index (χ4n) is 1.13. The molecule has 0 saturated heterocycles. The first kappa shape index (κ1) is 13.5. The van der Waals surface area contributed by atoms with Gasteiger partial charge >= 0.3 is 12.4 Å². The van der Waals surface area contributed by atoms with Crippen LogP contribution in [0.15, 0.2) is 0 Å². The molecule has 0 amide bonds. The first-order chi connectivity index (χ1) is 6.12. The van der Waals surface area contributed by atoms with Crippen molar-refractivity contribution in [3.8, 4) is 0 Å². The maximum Gasteiger partial charge on any atom is 0.426 e. The van der Waals surface area contributed by atoms with E-state index in [0.29, 0.717) is 7.11 Å². The van der Waals surface area contributed by atoms with Gasteiger partial charge in [-0.05, 0) is 6.42 Å². The highest BCUT2D eigenvalue weighted by atomic mass is 19.4. The Balaban J connectivity index is 5.21. The Morgan fingerprint density at radius 3 is 1.36 bits per heavy atom. The second-order valence-electron chi connectivity index (χ2n) is 2.78. The van der Waals surface area contributed by atoms with Crippen molar-refractivity contribution in [1.29, 1.82) is 0 Å². The van der Waals surface area contributed by atoms with E-state index >= 15 is 0 Å². The Labute approximate surface area is 77.0 Å². The van der Waals surface area contributed by atoms with Gasteiger partial charge in [0.15, 0.2) is 0 Å². The minimum Gasteiger partial charge on any atom is -0.361 e. The first-order valence-electron chi connectivity index (χ1n) is 3.81. The van der Waals surface area contributed by atoms with Crippen molar-refractivity contribution in [2.24, 2.45) is 0 Å². The third kappa shape index (κ3) is 2.13. The van der Waals surface area contributed by atoms with Gasteiger partial charge in [-0.25, -0.2) is 0 Å². The standard InChI is InChI=1S/C7H10F6O/c1-3-4-5(14-2,6(8,9)10)7(11,12)13/h3-4H2,1-2H3. The molecule has 0 aromatic rings. The highest BCUT2D eigenvalue weighted by molar-refractivity contribution is 4.95. The molecule has 14 heavy (non-hydrogen) atoms. The van der Waals surface area contributed by atoms with Crippen molar-refractivity contribution in [3.63, 3.8) is 0 Å². The predicted molar refractivity (Wildman–Crippen MR) is 36.8 cm³/mol. The Bertz CT molecular complexity index is 168. The van der Waals surface area contributed by atoms with E-state index in [4.69, 9.17) is 0 Å². The van der Waals surface area contributed by atoms with E-state index < -0.39 is 24.4 Å². The largest absolute Gasteiger partial charge is 0.426 e. The molecule has 0 unspecified atom stereocenters. The lowest BCUT2D eigenvalue weighted by Crippen LogP contribution is -2.58. The van der Waals surface area contributed by atoms with Gasteiger partial charge in [0, 0.05) is 7.11 Å². The summed E-state index contributed by atoms with van der Waals surface area (Å²) in [5.41, 5.74) is -4.03. The van der Waals surface area contributed by atoms with Gasteiger partial charge in [0.1, 0.15) is 0 Å². The van der Waals surface area contributed by atoms with Gasteiger partial charge in [0.2, 0.25) is 0 Å². The number of ether oxygens (including phenoxy) is 1. The summed E-state index contributed by atoms with van der Waals surface area (Å²) < 4.78 is 76.9. The van der Waals surface area contributed by atoms with E-state index in [-0.39, 0.29) is 6.42 Å². The highest BCUT2D eigenvalue weighted by Crippen LogP contribution is 2.48. The summed E-state index contributed by atoms with van der Waals surface area (Å²) in [4.78, 5) is 0. The van der Waals surface area contributed by atoms with E-state index in [1.807, 2.05) is 0 Å². The molecule has 0 N–H and O–H groups in total. The Morgan fingerprint density at radius 2 is 1.29 bits per heavy atom. The number of methoxy groups -OCH3 is 1. The van der Waals surface area contributed by atoms with Crippen LogP contribution >= 0.6 is 0 Å². The van der Waals surface area contributed by atoms with E-state index in [9.17, 15) is 26.3 Å². The summed E-state index contributed by atoms with van der Waals surface area (Å²) in [6, 6.07) is 0. The van der Waals surface area contributed by atoms with E-state index in [2.05, 4.69) is 4.74 Å². The maximum atomic E-state index is 12.2. The summed E-state index contributed by atoms with van der Waals surface area (Å²) in [5, 5.41) is 0. The van der Waals surface area contributed by atoms with Crippen molar-refractivity contribution >= 4 is 0 Å². The van der Waals surface area contributed by atoms with Crippen molar-refractivity contribution in [2.75, 3.05) is 7.11 Å². The lowest BCUT2D eigenvalue weighted by molar-refractivity contribution is -0.376. The second-order valence-corrected chi connectivity index (χ2v) is 2.78. The van der Waals surface area contributed by atoms with Gasteiger partial charge in [-0.1, -0.05) is 13.3 Å². The summed E-state index contributed by atoms with van der Waals surface area (Å²) in [5.74, 6) is 0. The van der Waals surface area contributed by atoms with Crippen LogP contribution < -0.4 is 0 Å². The van der Waals surface area contributed by atoms with Crippen molar-refractivity contribution in [3.05, 3.63) is 0 Å². The molecule has 0 aliphatic heterocycles. The van der Waals surface area contributed by atoms with Crippen LogP contribution in [0.4, 0.5) is 26.3 Å². The quantitative estimate of drug-likeness (QED) is 0.668. The molecular formula is C7H10F6O. The van der Waals surface area contributed by atoms with Gasteiger partial charge < -0.3 is 4.74 Å². The molecule has 0 fully saturated rings. The van der Waals surface area contributed by atoms with Crippen LogP contribution in [0.3, 0.4) is 0 Å². The molecule has 0 radical (unpaired) electrons. The molecule has 0 bridgehead atoms. The zero-order valence-corrected chi connectivity index (χ0v) is 7.59. The molecule has 0 rings (SSSR count). The van der Waals surface area contributed by atoms with Crippen LogP contribution in [0.5, 0.6) is 0 Å². The second kappa shape index (κ2) is 3.96. The topological polar surface area (TPSA) is 9.23 Å². The minimum atomic E-state index is -5.45. The van der Waals surface area contributed by atoms with E-state index in [0.717, 1.165) is 0 Å². The zero-order valence-electron chi connectivity index (χ0n) is 7.59. The Morgan fingerprint density at radius 1 is 0.929 bits per heavy atom. The maximum absolute atomic E-state index is 12.2. The average Bonchev–Trinajstić information content (AvgIpc) is 1.94. The predicted octanol–water partition coefficient (Wildman–Crippen LogP) is 3.30. The van der Waals surface area contributed by atoms with Gasteiger partial charge in [0.25, 0.3) is 5.60 Å². The number of halogens is 6. The van der Waals surface area contributed by atoms with Crippen molar-refractivity contribution < 1.29 is 31.1 Å². The Hall–Kier alpha value is -0.460. The SMILES string of the molecule is CCCC(OC)(C(F)(F)F)C(F)(F)F. The van der Waals surface area contributed by atoms with Gasteiger partial charge in [-0.15, -0.1) is 0 Å². The smallest absolute Gasteiger partial charge is 0.361 e. The van der Waals surface area contributed by atoms with Crippen LogP contribution in [-0.2, 0) is 4.74 Å². The number of alkyl halides is 6. The molecule has 0 aliphatic carbocycles.